The van der Waals surface area contributed by atoms with E-state index in [0.717, 1.165) is 17.7 Å². The second-order valence-corrected chi connectivity index (χ2v) is 7.19. The molecule has 0 spiro atoms. The van der Waals surface area contributed by atoms with E-state index < -0.39 is 0 Å². The van der Waals surface area contributed by atoms with E-state index >= 15 is 0 Å². The number of nitrogens with one attached hydrogen (secondary N) is 1. The van der Waals surface area contributed by atoms with Gasteiger partial charge in [-0.15, -0.1) is 11.3 Å². The van der Waals surface area contributed by atoms with Gasteiger partial charge in [0, 0.05) is 11.1 Å². The molecule has 3 rings (SSSR count). The van der Waals surface area contributed by atoms with Gasteiger partial charge in [0.1, 0.15) is 11.6 Å². The first kappa shape index (κ1) is 16.6. The topological polar surface area (TPSA) is 68.3 Å². The zero-order chi connectivity index (χ0) is 17.1. The Kier molecular flexibility index (Phi) is 4.94. The molecule has 0 bridgehead atoms. The summed E-state index contributed by atoms with van der Waals surface area (Å²) >= 11 is 1.40. The molecule has 2 aromatic rings. The Bertz CT molecular complexity index is 739. The summed E-state index contributed by atoms with van der Waals surface area (Å²) in [4.78, 5) is 28.1. The number of carbonyl (C=O) groups excluding carboxylic acids is 2. The van der Waals surface area contributed by atoms with Gasteiger partial charge in [-0.3, -0.25) is 9.59 Å². The van der Waals surface area contributed by atoms with Crippen molar-refractivity contribution in [3.8, 4) is 0 Å². The zero-order valence-electron chi connectivity index (χ0n) is 13.7. The molecule has 1 aromatic heterocycles. The van der Waals surface area contributed by atoms with Crippen LogP contribution >= 0.6 is 11.3 Å². The van der Waals surface area contributed by atoms with Crippen LogP contribution in [-0.2, 0) is 27.4 Å². The van der Waals surface area contributed by atoms with Crippen molar-refractivity contribution < 1.29 is 14.3 Å². The number of hydrogen-bond acceptors (Lipinski definition) is 5. The van der Waals surface area contributed by atoms with Crippen LogP contribution in [0.5, 0.6) is 0 Å². The number of aryl methyl sites for hydroxylation is 1. The highest BCUT2D eigenvalue weighted by atomic mass is 32.1. The summed E-state index contributed by atoms with van der Waals surface area (Å²) in [5.74, 6) is 0.245. The maximum atomic E-state index is 12.0. The van der Waals surface area contributed by atoms with E-state index in [0.29, 0.717) is 16.6 Å². The van der Waals surface area contributed by atoms with Crippen LogP contribution in [0.25, 0.3) is 0 Å². The summed E-state index contributed by atoms with van der Waals surface area (Å²) in [7, 11) is 0. The van der Waals surface area contributed by atoms with E-state index in [2.05, 4.69) is 10.3 Å². The van der Waals surface area contributed by atoms with Gasteiger partial charge < -0.3 is 10.1 Å². The molecular formula is C18H20N2O3S. The molecule has 0 unspecified atom stereocenters. The molecule has 1 N–H and O–H groups in total. The molecule has 24 heavy (non-hydrogen) atoms. The molecule has 1 saturated carbocycles. The Morgan fingerprint density at radius 2 is 2.04 bits per heavy atom. The fraction of sp³-hybridized carbons (Fsp3) is 0.389. The van der Waals surface area contributed by atoms with Gasteiger partial charge in [0.2, 0.25) is 5.91 Å². The number of thiazole rings is 1. The smallest absolute Gasteiger partial charge is 0.309 e. The third kappa shape index (κ3) is 4.41. The third-order valence-electron chi connectivity index (χ3n) is 4.02. The predicted octanol–water partition coefficient (Wildman–Crippen LogP) is 3.33. The molecule has 1 heterocycles. The fourth-order valence-electron chi connectivity index (χ4n) is 2.38. The summed E-state index contributed by atoms with van der Waals surface area (Å²) in [6.45, 7) is 4.22. The second kappa shape index (κ2) is 7.13. The average Bonchev–Trinajstić information content (AvgIpc) is 3.12. The number of nitrogens with zero attached hydrogens (tertiary/aromatic N) is 1. The number of rotatable bonds is 6. The Morgan fingerprint density at radius 3 is 2.71 bits per heavy atom. The highest BCUT2D eigenvalue weighted by Gasteiger charge is 2.40. The Labute approximate surface area is 145 Å². The number of benzene rings is 1. The lowest BCUT2D eigenvalue weighted by molar-refractivity contribution is -0.147. The van der Waals surface area contributed by atoms with E-state index in [1.54, 1.807) is 0 Å². The van der Waals surface area contributed by atoms with Crippen molar-refractivity contribution in [2.24, 2.45) is 11.8 Å². The molecule has 1 fully saturated rings. The molecule has 0 radical (unpaired) electrons. The van der Waals surface area contributed by atoms with Crippen molar-refractivity contribution in [3.05, 3.63) is 45.9 Å². The van der Waals surface area contributed by atoms with Gasteiger partial charge in [0.05, 0.1) is 18.0 Å². The van der Waals surface area contributed by atoms with Crippen LogP contribution < -0.4 is 5.32 Å². The Hall–Kier alpha value is -2.21. The maximum Gasteiger partial charge on any atom is 0.309 e. The van der Waals surface area contributed by atoms with Gasteiger partial charge in [-0.25, -0.2) is 4.98 Å². The molecule has 1 aliphatic rings. The van der Waals surface area contributed by atoms with Crippen molar-refractivity contribution in [2.45, 2.75) is 33.3 Å². The number of hydrogen-bond donors (Lipinski definition) is 1. The van der Waals surface area contributed by atoms with Crippen molar-refractivity contribution in [1.29, 1.82) is 0 Å². The van der Waals surface area contributed by atoms with E-state index in [9.17, 15) is 9.59 Å². The minimum absolute atomic E-state index is 0.0587. The summed E-state index contributed by atoms with van der Waals surface area (Å²) < 4.78 is 5.25. The summed E-state index contributed by atoms with van der Waals surface area (Å²) in [6, 6.07) is 7.65. The summed E-state index contributed by atoms with van der Waals surface area (Å²) in [5, 5.41) is 5.39. The molecule has 126 valence electrons. The van der Waals surface area contributed by atoms with Crippen LogP contribution in [0, 0.1) is 18.8 Å². The number of carbonyl (C=O) groups is 2. The number of ether oxygens (including phenoxy) is 1. The molecule has 6 heteroatoms. The van der Waals surface area contributed by atoms with Gasteiger partial charge in [0.15, 0.2) is 0 Å². The number of aromatic nitrogens is 1. The van der Waals surface area contributed by atoms with Gasteiger partial charge in [-0.05, 0) is 31.4 Å². The standard InChI is InChI=1S/C18H20N2O3S/c1-11-3-5-13(6-4-11)19-16(21)8-17-20-14(10-24-17)9-23-18(22)15-7-12(15)2/h3-6,10,12,15H,7-9H2,1-2H3,(H,19,21)/t12-,15+/m1/s1. The first-order valence-electron chi connectivity index (χ1n) is 7.97. The highest BCUT2D eigenvalue weighted by Crippen LogP contribution is 2.38. The lowest BCUT2D eigenvalue weighted by Crippen LogP contribution is -2.14. The van der Waals surface area contributed by atoms with Crippen LogP contribution in [0.1, 0.15) is 29.6 Å². The number of esters is 1. The number of anilines is 1. The molecule has 0 aliphatic heterocycles. The Balaban J connectivity index is 1.47. The van der Waals surface area contributed by atoms with Crippen LogP contribution in [0.3, 0.4) is 0 Å². The zero-order valence-corrected chi connectivity index (χ0v) is 14.6. The highest BCUT2D eigenvalue weighted by molar-refractivity contribution is 7.09. The first-order valence-corrected chi connectivity index (χ1v) is 8.85. The van der Waals surface area contributed by atoms with Gasteiger partial charge in [-0.2, -0.15) is 0 Å². The van der Waals surface area contributed by atoms with E-state index in [-0.39, 0.29) is 30.8 Å². The van der Waals surface area contributed by atoms with E-state index in [1.165, 1.54) is 11.3 Å². The molecule has 1 aromatic carbocycles. The fourth-order valence-corrected chi connectivity index (χ4v) is 3.16. The maximum absolute atomic E-state index is 12.0. The van der Waals surface area contributed by atoms with Crippen LogP contribution in [-0.4, -0.2) is 16.9 Å². The molecule has 2 atom stereocenters. The molecule has 0 saturated heterocycles. The summed E-state index contributed by atoms with van der Waals surface area (Å²) in [6.07, 6.45) is 1.13. The lowest BCUT2D eigenvalue weighted by Gasteiger charge is -2.04. The van der Waals surface area contributed by atoms with Gasteiger partial charge >= 0.3 is 5.97 Å². The third-order valence-corrected chi connectivity index (χ3v) is 4.92. The lowest BCUT2D eigenvalue weighted by atomic mass is 10.2. The van der Waals surface area contributed by atoms with Crippen LogP contribution in [0.4, 0.5) is 5.69 Å². The van der Waals surface area contributed by atoms with Crippen molar-refractivity contribution in [3.63, 3.8) is 0 Å². The molecule has 1 aliphatic carbocycles. The largest absolute Gasteiger partial charge is 0.459 e. The van der Waals surface area contributed by atoms with Crippen molar-refractivity contribution in [1.82, 2.24) is 4.98 Å². The molecular weight excluding hydrogens is 324 g/mol. The van der Waals surface area contributed by atoms with Crippen LogP contribution in [0.15, 0.2) is 29.6 Å². The minimum Gasteiger partial charge on any atom is -0.459 e. The quantitative estimate of drug-likeness (QED) is 0.816. The van der Waals surface area contributed by atoms with E-state index in [4.69, 9.17) is 4.74 Å². The van der Waals surface area contributed by atoms with Crippen molar-refractivity contribution in [2.75, 3.05) is 5.32 Å². The normalized spacial score (nSPS) is 18.9. The van der Waals surface area contributed by atoms with Gasteiger partial charge in [0.25, 0.3) is 0 Å². The molecule has 5 nitrogen and oxygen atoms in total. The molecule has 1 amide bonds. The summed E-state index contributed by atoms with van der Waals surface area (Å²) in [5.41, 5.74) is 2.61. The first-order chi connectivity index (χ1) is 11.5. The average molecular weight is 344 g/mol. The number of amides is 1. The monoisotopic (exact) mass is 344 g/mol. The van der Waals surface area contributed by atoms with E-state index in [1.807, 2.05) is 43.5 Å². The minimum atomic E-state index is -0.144. The predicted molar refractivity (Wildman–Crippen MR) is 92.7 cm³/mol. The van der Waals surface area contributed by atoms with Crippen molar-refractivity contribution >= 4 is 28.9 Å². The second-order valence-electron chi connectivity index (χ2n) is 6.25. The Morgan fingerprint density at radius 1 is 1.33 bits per heavy atom. The van der Waals surface area contributed by atoms with Crippen LogP contribution in [0.2, 0.25) is 0 Å². The SMILES string of the molecule is Cc1ccc(NC(=O)Cc2nc(COC(=O)[C@H]3C[C@H]3C)cs2)cc1. The van der Waals surface area contributed by atoms with Gasteiger partial charge in [-0.1, -0.05) is 24.6 Å².